The first-order valence-corrected chi connectivity index (χ1v) is 9.93. The van der Waals surface area contributed by atoms with Gasteiger partial charge in [0.15, 0.2) is 0 Å². The highest BCUT2D eigenvalue weighted by atomic mass is 16.2. The fourth-order valence-electron chi connectivity index (χ4n) is 3.51. The van der Waals surface area contributed by atoms with Crippen molar-refractivity contribution in [1.29, 1.82) is 0 Å². The molecule has 0 spiro atoms. The molecule has 3 rings (SSSR count). The first-order chi connectivity index (χ1) is 14.2. The molecule has 1 aliphatic heterocycles. The minimum absolute atomic E-state index is 0.298. The minimum Gasteiger partial charge on any atom is -0.341 e. The van der Waals surface area contributed by atoms with Gasteiger partial charge in [-0.2, -0.15) is 0 Å². The molecule has 1 fully saturated rings. The van der Waals surface area contributed by atoms with Crippen molar-refractivity contribution in [3.05, 3.63) is 77.9 Å². The van der Waals surface area contributed by atoms with Crippen LogP contribution in [0.15, 0.2) is 66.7 Å². The van der Waals surface area contributed by atoms with Gasteiger partial charge in [-0.25, -0.2) is 4.79 Å². The van der Waals surface area contributed by atoms with Gasteiger partial charge in [0.1, 0.15) is 6.04 Å². The second-order valence-electron chi connectivity index (χ2n) is 7.03. The number of nitrogens with zero attached hydrogens (tertiary/aromatic N) is 2. The summed E-state index contributed by atoms with van der Waals surface area (Å²) in [6.07, 6.45) is 4.31. The molecule has 1 atom stereocenters. The molecular weight excluding hydrogens is 364 g/mol. The van der Waals surface area contributed by atoms with Crippen LogP contribution in [0.3, 0.4) is 0 Å². The summed E-state index contributed by atoms with van der Waals surface area (Å²) in [4.78, 5) is 28.9. The Balaban J connectivity index is 1.60. The molecule has 152 valence electrons. The van der Waals surface area contributed by atoms with Gasteiger partial charge in [0.2, 0.25) is 5.91 Å². The molecule has 0 aliphatic carbocycles. The highest BCUT2D eigenvalue weighted by Gasteiger charge is 2.30. The summed E-state index contributed by atoms with van der Waals surface area (Å²) in [5.74, 6) is -0.298. The summed E-state index contributed by atoms with van der Waals surface area (Å²) < 4.78 is 0. The molecule has 2 aromatic carbocycles. The first-order valence-electron chi connectivity index (χ1n) is 9.93. The number of amides is 3. The van der Waals surface area contributed by atoms with E-state index in [9.17, 15) is 9.59 Å². The molecule has 0 saturated carbocycles. The maximum absolute atomic E-state index is 12.8. The first kappa shape index (κ1) is 20.8. The van der Waals surface area contributed by atoms with Crippen molar-refractivity contribution in [2.45, 2.75) is 6.04 Å². The third-order valence-electron chi connectivity index (χ3n) is 5.07. The van der Waals surface area contributed by atoms with Gasteiger partial charge in [0.05, 0.1) is 0 Å². The van der Waals surface area contributed by atoms with Gasteiger partial charge in [-0.15, -0.1) is 0 Å². The van der Waals surface area contributed by atoms with Gasteiger partial charge in [-0.05, 0) is 11.1 Å². The Morgan fingerprint density at radius 1 is 0.966 bits per heavy atom. The van der Waals surface area contributed by atoms with Gasteiger partial charge in [0, 0.05) is 39.8 Å². The molecule has 2 N–H and O–H groups in total. The minimum atomic E-state index is -0.486. The normalized spacial score (nSPS) is 16.4. The molecule has 0 unspecified atom stereocenters. The van der Waals surface area contributed by atoms with Crippen molar-refractivity contribution in [2.75, 3.05) is 39.8 Å². The number of piperazine rings is 1. The van der Waals surface area contributed by atoms with Crippen LogP contribution < -0.4 is 10.6 Å². The lowest BCUT2D eigenvalue weighted by molar-refractivity contribution is -0.126. The maximum Gasteiger partial charge on any atom is 0.321 e. The summed E-state index contributed by atoms with van der Waals surface area (Å²) in [7, 11) is 1.50. The van der Waals surface area contributed by atoms with Gasteiger partial charge in [-0.1, -0.05) is 72.8 Å². The zero-order valence-corrected chi connectivity index (χ0v) is 16.8. The Morgan fingerprint density at radius 2 is 1.59 bits per heavy atom. The quantitative estimate of drug-likeness (QED) is 0.793. The zero-order valence-electron chi connectivity index (χ0n) is 16.8. The van der Waals surface area contributed by atoms with Crippen LogP contribution in [0.2, 0.25) is 0 Å². The lowest BCUT2D eigenvalue weighted by Crippen LogP contribution is -2.52. The molecule has 6 heteroatoms. The van der Waals surface area contributed by atoms with Gasteiger partial charge < -0.3 is 5.32 Å². The van der Waals surface area contributed by atoms with E-state index in [0.29, 0.717) is 0 Å². The fourth-order valence-corrected chi connectivity index (χ4v) is 3.51. The van der Waals surface area contributed by atoms with Crippen LogP contribution in [0, 0.1) is 0 Å². The molecule has 0 bridgehead atoms. The number of carbonyl (C=O) groups excluding carboxylic acids is 2. The molecule has 29 heavy (non-hydrogen) atoms. The summed E-state index contributed by atoms with van der Waals surface area (Å²) in [5.41, 5.74) is 2.09. The van der Waals surface area contributed by atoms with Crippen molar-refractivity contribution in [2.24, 2.45) is 0 Å². The van der Waals surface area contributed by atoms with Crippen LogP contribution in [0.4, 0.5) is 4.79 Å². The van der Waals surface area contributed by atoms with E-state index >= 15 is 0 Å². The number of carbonyl (C=O) groups is 2. The molecule has 1 saturated heterocycles. The van der Waals surface area contributed by atoms with E-state index in [1.807, 2.05) is 48.5 Å². The predicted octanol–water partition coefficient (Wildman–Crippen LogP) is 2.51. The number of hydrogen-bond donors (Lipinski definition) is 2. The number of rotatable bonds is 6. The number of imide groups is 1. The third-order valence-corrected chi connectivity index (χ3v) is 5.07. The van der Waals surface area contributed by atoms with E-state index in [1.165, 1.54) is 12.6 Å². The summed E-state index contributed by atoms with van der Waals surface area (Å²) >= 11 is 0. The Hall–Kier alpha value is -2.96. The smallest absolute Gasteiger partial charge is 0.321 e. The molecule has 1 aliphatic rings. The van der Waals surface area contributed by atoms with Crippen LogP contribution in [-0.2, 0) is 4.79 Å². The van der Waals surface area contributed by atoms with Gasteiger partial charge in [-0.3, -0.25) is 19.9 Å². The molecule has 0 radical (unpaired) electrons. The van der Waals surface area contributed by atoms with Crippen molar-refractivity contribution in [3.63, 3.8) is 0 Å². The molecule has 2 aromatic rings. The number of hydrogen-bond acceptors (Lipinski definition) is 4. The second-order valence-corrected chi connectivity index (χ2v) is 7.03. The van der Waals surface area contributed by atoms with E-state index in [2.05, 4.69) is 44.7 Å². The lowest BCUT2D eigenvalue weighted by Gasteiger charge is -2.38. The average molecular weight is 393 g/mol. The monoisotopic (exact) mass is 392 g/mol. The van der Waals surface area contributed by atoms with Crippen molar-refractivity contribution in [1.82, 2.24) is 20.4 Å². The van der Waals surface area contributed by atoms with E-state index < -0.39 is 12.1 Å². The third kappa shape index (κ3) is 6.01. The Kier molecular flexibility index (Phi) is 7.55. The van der Waals surface area contributed by atoms with E-state index in [1.54, 1.807) is 0 Å². The SMILES string of the molecule is CNC(=O)NC(=O)[C@H](c1ccccc1)N1CCN(C/C=C/c2ccccc2)CC1. The number of nitrogens with one attached hydrogen (secondary N) is 2. The number of urea groups is 1. The Labute approximate surface area is 172 Å². The van der Waals surface area contributed by atoms with Crippen LogP contribution in [0.1, 0.15) is 17.2 Å². The summed E-state index contributed by atoms with van der Waals surface area (Å²) in [6.45, 7) is 4.15. The largest absolute Gasteiger partial charge is 0.341 e. The van der Waals surface area contributed by atoms with Crippen LogP contribution >= 0.6 is 0 Å². The van der Waals surface area contributed by atoms with Crippen LogP contribution in [0.5, 0.6) is 0 Å². The summed E-state index contributed by atoms with van der Waals surface area (Å²) in [6, 6.07) is 18.9. The van der Waals surface area contributed by atoms with Crippen molar-refractivity contribution < 1.29 is 9.59 Å². The molecule has 0 aromatic heterocycles. The molecule has 3 amide bonds. The summed E-state index contributed by atoms with van der Waals surface area (Å²) in [5, 5.41) is 4.88. The van der Waals surface area contributed by atoms with Gasteiger partial charge in [0.25, 0.3) is 0 Å². The topological polar surface area (TPSA) is 64.7 Å². The predicted molar refractivity (Wildman–Crippen MR) is 115 cm³/mol. The average Bonchev–Trinajstić information content (AvgIpc) is 2.76. The highest BCUT2D eigenvalue weighted by molar-refractivity contribution is 5.97. The molecule has 6 nitrogen and oxygen atoms in total. The lowest BCUT2D eigenvalue weighted by atomic mass is 10.0. The fraction of sp³-hybridized carbons (Fsp3) is 0.304. The van der Waals surface area contributed by atoms with Crippen molar-refractivity contribution >= 4 is 18.0 Å². The van der Waals surface area contributed by atoms with E-state index in [4.69, 9.17) is 0 Å². The second kappa shape index (κ2) is 10.5. The Morgan fingerprint density at radius 3 is 2.21 bits per heavy atom. The molecule has 1 heterocycles. The van der Waals surface area contributed by atoms with Crippen LogP contribution in [0.25, 0.3) is 6.08 Å². The zero-order chi connectivity index (χ0) is 20.5. The number of benzene rings is 2. The highest BCUT2D eigenvalue weighted by Crippen LogP contribution is 2.22. The molecular formula is C23H28N4O2. The van der Waals surface area contributed by atoms with Crippen LogP contribution in [-0.4, -0.2) is 61.5 Å². The Bertz CT molecular complexity index is 815. The standard InChI is InChI=1S/C23H28N4O2/c1-24-23(29)25-22(28)21(20-12-6-3-7-13-20)27-17-15-26(16-18-27)14-8-11-19-9-4-2-5-10-19/h2-13,21H,14-18H2,1H3,(H2,24,25,28,29)/b11-8+/t21-/m0/s1. The van der Waals surface area contributed by atoms with E-state index in [-0.39, 0.29) is 5.91 Å². The van der Waals surface area contributed by atoms with Gasteiger partial charge >= 0.3 is 6.03 Å². The van der Waals surface area contributed by atoms with E-state index in [0.717, 1.165) is 38.3 Å². The maximum atomic E-state index is 12.8. The van der Waals surface area contributed by atoms with Crippen molar-refractivity contribution in [3.8, 4) is 0 Å².